The molecule has 3 nitrogen and oxygen atoms in total. The van der Waals surface area contributed by atoms with Gasteiger partial charge in [-0.25, -0.2) is 0 Å². The molecule has 0 aliphatic carbocycles. The average Bonchev–Trinajstić information content (AvgIpc) is 2.41. The van der Waals surface area contributed by atoms with Crippen molar-refractivity contribution >= 4 is 11.6 Å². The van der Waals surface area contributed by atoms with Gasteiger partial charge in [-0.3, -0.25) is 0 Å². The van der Waals surface area contributed by atoms with Crippen LogP contribution < -0.4 is 5.32 Å². The smallest absolute Gasteiger partial charge is 0.115 e. The predicted molar refractivity (Wildman–Crippen MR) is 76.2 cm³/mol. The first-order chi connectivity index (χ1) is 9.16. The molecule has 0 saturated heterocycles. The first-order valence-corrected chi connectivity index (χ1v) is 6.46. The highest BCUT2D eigenvalue weighted by Gasteiger charge is 2.10. The number of halogens is 1. The topological polar surface area (TPSA) is 52.5 Å². The van der Waals surface area contributed by atoms with E-state index in [1.165, 1.54) is 0 Å². The van der Waals surface area contributed by atoms with Gasteiger partial charge in [0.15, 0.2) is 0 Å². The summed E-state index contributed by atoms with van der Waals surface area (Å²) in [5.41, 5.74) is 1.77. The van der Waals surface area contributed by atoms with Crippen molar-refractivity contribution in [2.24, 2.45) is 0 Å². The van der Waals surface area contributed by atoms with Crippen LogP contribution in [0.2, 0.25) is 5.02 Å². The number of hydrogen-bond acceptors (Lipinski definition) is 3. The largest absolute Gasteiger partial charge is 0.508 e. The van der Waals surface area contributed by atoms with Crippen LogP contribution in [0.25, 0.3) is 0 Å². The van der Waals surface area contributed by atoms with Crippen LogP contribution in [0.1, 0.15) is 17.2 Å². The molecule has 1 unspecified atom stereocenters. The zero-order valence-corrected chi connectivity index (χ0v) is 11.1. The zero-order valence-electron chi connectivity index (χ0n) is 10.4. The van der Waals surface area contributed by atoms with Gasteiger partial charge in [0.05, 0.1) is 6.10 Å². The lowest BCUT2D eigenvalue weighted by Crippen LogP contribution is -2.21. The molecule has 0 amide bonds. The minimum Gasteiger partial charge on any atom is -0.508 e. The highest BCUT2D eigenvalue weighted by atomic mass is 35.5. The Hall–Kier alpha value is -1.55. The van der Waals surface area contributed by atoms with Crippen molar-refractivity contribution in [1.82, 2.24) is 5.32 Å². The van der Waals surface area contributed by atoms with Gasteiger partial charge in [0.25, 0.3) is 0 Å². The van der Waals surface area contributed by atoms with Gasteiger partial charge in [-0.15, -0.1) is 0 Å². The van der Waals surface area contributed by atoms with Crippen molar-refractivity contribution < 1.29 is 10.2 Å². The summed E-state index contributed by atoms with van der Waals surface area (Å²) in [5.74, 6) is 0.250. The number of aromatic hydroxyl groups is 1. The molecule has 0 heterocycles. The van der Waals surface area contributed by atoms with Crippen molar-refractivity contribution in [3.8, 4) is 5.75 Å². The highest BCUT2D eigenvalue weighted by Crippen LogP contribution is 2.21. The number of aliphatic hydroxyl groups excluding tert-OH is 1. The van der Waals surface area contributed by atoms with Gasteiger partial charge in [0.2, 0.25) is 0 Å². The summed E-state index contributed by atoms with van der Waals surface area (Å²) in [6.07, 6.45) is -0.634. The third kappa shape index (κ3) is 3.96. The fourth-order valence-corrected chi connectivity index (χ4v) is 2.08. The van der Waals surface area contributed by atoms with Crippen LogP contribution in [0.15, 0.2) is 48.5 Å². The van der Waals surface area contributed by atoms with Crippen molar-refractivity contribution in [2.45, 2.75) is 12.6 Å². The van der Waals surface area contributed by atoms with Crippen LogP contribution in [-0.2, 0) is 6.54 Å². The first kappa shape index (κ1) is 13.9. The number of rotatable bonds is 5. The van der Waals surface area contributed by atoms with Crippen LogP contribution in [-0.4, -0.2) is 16.8 Å². The van der Waals surface area contributed by atoms with Crippen molar-refractivity contribution in [1.29, 1.82) is 0 Å². The standard InChI is InChI=1S/C15H16ClNO2/c16-14-4-2-1-3-13(14)15(19)10-17-9-11-5-7-12(18)8-6-11/h1-8,15,17-19H,9-10H2. The number of phenols is 1. The Morgan fingerprint density at radius 1 is 1.05 bits per heavy atom. The first-order valence-electron chi connectivity index (χ1n) is 6.08. The van der Waals surface area contributed by atoms with E-state index in [4.69, 9.17) is 11.6 Å². The molecule has 2 aromatic carbocycles. The van der Waals surface area contributed by atoms with E-state index < -0.39 is 6.10 Å². The van der Waals surface area contributed by atoms with Crippen molar-refractivity contribution in [3.63, 3.8) is 0 Å². The summed E-state index contributed by atoms with van der Waals surface area (Å²) >= 11 is 6.02. The minimum absolute atomic E-state index is 0.250. The van der Waals surface area contributed by atoms with Crippen molar-refractivity contribution in [2.75, 3.05) is 6.54 Å². The van der Waals surface area contributed by atoms with E-state index >= 15 is 0 Å². The molecule has 100 valence electrons. The lowest BCUT2D eigenvalue weighted by molar-refractivity contribution is 0.174. The van der Waals surface area contributed by atoms with Gasteiger partial charge in [0.1, 0.15) is 5.75 Å². The fourth-order valence-electron chi connectivity index (χ4n) is 1.82. The van der Waals surface area contributed by atoms with Crippen LogP contribution in [0.5, 0.6) is 5.75 Å². The molecule has 0 radical (unpaired) electrons. The number of hydrogen-bond donors (Lipinski definition) is 3. The maximum atomic E-state index is 10.0. The molecule has 4 heteroatoms. The number of nitrogens with one attached hydrogen (secondary N) is 1. The molecule has 2 aromatic rings. The number of benzene rings is 2. The summed E-state index contributed by atoms with van der Waals surface area (Å²) in [7, 11) is 0. The third-order valence-corrected chi connectivity index (χ3v) is 3.21. The molecule has 0 fully saturated rings. The Balaban J connectivity index is 1.86. The molecule has 0 aliphatic heterocycles. The molecule has 1 atom stereocenters. The van der Waals surface area contributed by atoms with Gasteiger partial charge in [-0.05, 0) is 23.8 Å². The molecule has 2 rings (SSSR count). The van der Waals surface area contributed by atoms with E-state index in [0.29, 0.717) is 18.1 Å². The van der Waals surface area contributed by atoms with E-state index in [2.05, 4.69) is 5.32 Å². The molecule has 3 N–H and O–H groups in total. The van der Waals surface area contributed by atoms with Gasteiger partial charge < -0.3 is 15.5 Å². The Morgan fingerprint density at radius 2 is 1.74 bits per heavy atom. The Kier molecular flexibility index (Phi) is 4.80. The summed E-state index contributed by atoms with van der Waals surface area (Å²) < 4.78 is 0. The second kappa shape index (κ2) is 6.57. The van der Waals surface area contributed by atoms with E-state index in [0.717, 1.165) is 11.1 Å². The zero-order chi connectivity index (χ0) is 13.7. The molecule has 0 spiro atoms. The molecular formula is C15H16ClNO2. The van der Waals surface area contributed by atoms with E-state index in [1.54, 1.807) is 18.2 Å². The Labute approximate surface area is 117 Å². The molecule has 0 bridgehead atoms. The number of aliphatic hydroxyl groups is 1. The summed E-state index contributed by atoms with van der Waals surface area (Å²) in [5, 5.41) is 22.9. The maximum Gasteiger partial charge on any atom is 0.115 e. The highest BCUT2D eigenvalue weighted by molar-refractivity contribution is 6.31. The van der Waals surface area contributed by atoms with E-state index in [1.807, 2.05) is 30.3 Å². The minimum atomic E-state index is -0.634. The Bertz CT molecular complexity index is 528. The summed E-state index contributed by atoms with van der Waals surface area (Å²) in [6, 6.07) is 14.2. The fraction of sp³-hybridized carbons (Fsp3) is 0.200. The lowest BCUT2D eigenvalue weighted by Gasteiger charge is -2.13. The van der Waals surface area contributed by atoms with Gasteiger partial charge in [0, 0.05) is 23.7 Å². The molecular weight excluding hydrogens is 262 g/mol. The van der Waals surface area contributed by atoms with E-state index in [-0.39, 0.29) is 5.75 Å². The third-order valence-electron chi connectivity index (χ3n) is 2.87. The van der Waals surface area contributed by atoms with E-state index in [9.17, 15) is 10.2 Å². The van der Waals surface area contributed by atoms with Crippen molar-refractivity contribution in [3.05, 3.63) is 64.7 Å². The second-order valence-corrected chi connectivity index (χ2v) is 4.74. The monoisotopic (exact) mass is 277 g/mol. The van der Waals surface area contributed by atoms with Crippen LogP contribution in [0.3, 0.4) is 0 Å². The van der Waals surface area contributed by atoms with Gasteiger partial charge >= 0.3 is 0 Å². The lowest BCUT2D eigenvalue weighted by atomic mass is 10.1. The quantitative estimate of drug-likeness (QED) is 0.788. The Morgan fingerprint density at radius 3 is 2.42 bits per heavy atom. The molecule has 0 saturated carbocycles. The molecule has 19 heavy (non-hydrogen) atoms. The summed E-state index contributed by atoms with van der Waals surface area (Å²) in [4.78, 5) is 0. The van der Waals surface area contributed by atoms with Gasteiger partial charge in [-0.1, -0.05) is 41.9 Å². The van der Waals surface area contributed by atoms with Crippen LogP contribution >= 0.6 is 11.6 Å². The van der Waals surface area contributed by atoms with Gasteiger partial charge in [-0.2, -0.15) is 0 Å². The normalized spacial score (nSPS) is 12.3. The van der Waals surface area contributed by atoms with Crippen LogP contribution in [0, 0.1) is 0 Å². The molecule has 0 aliphatic rings. The second-order valence-electron chi connectivity index (χ2n) is 4.33. The molecule has 0 aromatic heterocycles. The predicted octanol–water partition coefficient (Wildman–Crippen LogP) is 2.87. The van der Waals surface area contributed by atoms with Crippen LogP contribution in [0.4, 0.5) is 0 Å². The maximum absolute atomic E-state index is 10.0. The SMILES string of the molecule is Oc1ccc(CNCC(O)c2ccccc2Cl)cc1. The number of phenolic OH excluding ortho intramolecular Hbond substituents is 1. The summed E-state index contributed by atoms with van der Waals surface area (Å²) in [6.45, 7) is 1.05. The average molecular weight is 278 g/mol.